The lowest BCUT2D eigenvalue weighted by atomic mass is 10.0. The number of piperidine rings is 1. The summed E-state index contributed by atoms with van der Waals surface area (Å²) in [5.74, 6) is 1.35. The van der Waals surface area contributed by atoms with Gasteiger partial charge in [0, 0.05) is 35.9 Å². The fourth-order valence-electron chi connectivity index (χ4n) is 3.92. The molecule has 0 bridgehead atoms. The first-order valence-corrected chi connectivity index (χ1v) is 10.3. The number of nitrogens with two attached hydrogens (primary N) is 1. The Morgan fingerprint density at radius 2 is 1.90 bits per heavy atom. The van der Waals surface area contributed by atoms with Crippen LogP contribution < -0.4 is 16.4 Å². The van der Waals surface area contributed by atoms with Gasteiger partial charge in [-0.15, -0.1) is 0 Å². The van der Waals surface area contributed by atoms with Crippen LogP contribution in [-0.4, -0.2) is 36.8 Å². The second-order valence-corrected chi connectivity index (χ2v) is 7.46. The summed E-state index contributed by atoms with van der Waals surface area (Å²) in [6.45, 7) is 0.977. The van der Waals surface area contributed by atoms with Gasteiger partial charge in [0.05, 0.1) is 6.04 Å². The van der Waals surface area contributed by atoms with Gasteiger partial charge in [-0.3, -0.25) is 14.5 Å². The lowest BCUT2D eigenvalue weighted by molar-refractivity contribution is 0.102. The Hall–Kier alpha value is -3.85. The van der Waals surface area contributed by atoms with E-state index in [-0.39, 0.29) is 17.9 Å². The van der Waals surface area contributed by atoms with Crippen molar-refractivity contribution in [3.05, 3.63) is 66.5 Å². The third-order valence-corrected chi connectivity index (χ3v) is 5.44. The van der Waals surface area contributed by atoms with Crippen LogP contribution in [0.25, 0.3) is 16.8 Å². The average molecular weight is 414 g/mol. The minimum Gasteiger partial charge on any atom is -0.382 e. The summed E-state index contributed by atoms with van der Waals surface area (Å²) in [6, 6.07) is 9.11. The van der Waals surface area contributed by atoms with E-state index in [1.807, 2.05) is 22.7 Å². The molecule has 1 aliphatic heterocycles. The molecule has 0 aliphatic carbocycles. The third kappa shape index (κ3) is 3.71. The Bertz CT molecular complexity index is 1210. The van der Waals surface area contributed by atoms with Crippen molar-refractivity contribution in [1.29, 1.82) is 0 Å². The van der Waals surface area contributed by atoms with Crippen LogP contribution in [0.4, 0.5) is 11.8 Å². The Kier molecular flexibility index (Phi) is 5.01. The van der Waals surface area contributed by atoms with Gasteiger partial charge >= 0.3 is 0 Å². The molecule has 0 saturated carbocycles. The molecule has 0 spiro atoms. The van der Waals surface area contributed by atoms with Gasteiger partial charge < -0.3 is 11.1 Å². The van der Waals surface area contributed by atoms with Crippen LogP contribution in [-0.2, 0) is 0 Å². The number of hydrogen-bond donors (Lipinski definition) is 3. The molecule has 1 amide bonds. The molecular weight excluding hydrogens is 392 g/mol. The molecule has 4 aromatic rings. The maximum atomic E-state index is 12.5. The lowest BCUT2D eigenvalue weighted by Crippen LogP contribution is -2.28. The van der Waals surface area contributed by atoms with E-state index in [2.05, 4.69) is 25.6 Å². The number of nitrogens with one attached hydrogen (secondary N) is 2. The molecule has 31 heavy (non-hydrogen) atoms. The van der Waals surface area contributed by atoms with Gasteiger partial charge in [0.1, 0.15) is 22.9 Å². The Labute approximate surface area is 178 Å². The summed E-state index contributed by atoms with van der Waals surface area (Å²) in [4.78, 5) is 29.7. The fourth-order valence-corrected chi connectivity index (χ4v) is 3.92. The number of carbonyl (C=O) groups excluding carboxylic acids is 1. The van der Waals surface area contributed by atoms with Crippen molar-refractivity contribution in [2.75, 3.05) is 17.6 Å². The van der Waals surface area contributed by atoms with Crippen LogP contribution in [0.1, 0.15) is 41.5 Å². The van der Waals surface area contributed by atoms with Gasteiger partial charge in [0.25, 0.3) is 5.91 Å². The molecule has 1 atom stereocenters. The highest BCUT2D eigenvalue weighted by atomic mass is 16.1. The van der Waals surface area contributed by atoms with E-state index in [1.54, 1.807) is 36.8 Å². The molecule has 0 unspecified atom stereocenters. The van der Waals surface area contributed by atoms with E-state index < -0.39 is 0 Å². The molecule has 1 saturated heterocycles. The van der Waals surface area contributed by atoms with Crippen molar-refractivity contribution >= 4 is 23.2 Å². The maximum Gasteiger partial charge on any atom is 0.258 e. The normalized spacial score (nSPS) is 16.3. The summed E-state index contributed by atoms with van der Waals surface area (Å²) < 4.78 is 2.02. The number of anilines is 2. The molecule has 3 aromatic heterocycles. The van der Waals surface area contributed by atoms with Crippen molar-refractivity contribution in [2.45, 2.75) is 25.3 Å². The second kappa shape index (κ2) is 8.11. The molecule has 9 nitrogen and oxygen atoms in total. The van der Waals surface area contributed by atoms with Gasteiger partial charge in [-0.2, -0.15) is 0 Å². The van der Waals surface area contributed by atoms with Gasteiger partial charge in [0.2, 0.25) is 5.95 Å². The van der Waals surface area contributed by atoms with Crippen LogP contribution >= 0.6 is 0 Å². The number of nitrogen functional groups attached to an aromatic ring is 1. The highest BCUT2D eigenvalue weighted by Crippen LogP contribution is 2.32. The number of rotatable bonds is 4. The van der Waals surface area contributed by atoms with Gasteiger partial charge in [0.15, 0.2) is 0 Å². The van der Waals surface area contributed by atoms with Crippen molar-refractivity contribution < 1.29 is 4.79 Å². The number of amides is 1. The second-order valence-electron chi connectivity index (χ2n) is 7.46. The van der Waals surface area contributed by atoms with Crippen LogP contribution in [0.5, 0.6) is 0 Å². The summed E-state index contributed by atoms with van der Waals surface area (Å²) in [5.41, 5.74) is 9.13. The molecule has 156 valence electrons. The number of hydrogen-bond acceptors (Lipinski definition) is 7. The first-order chi connectivity index (χ1) is 15.2. The van der Waals surface area contributed by atoms with Gasteiger partial charge in [-0.1, -0.05) is 18.6 Å². The van der Waals surface area contributed by atoms with Gasteiger partial charge in [-0.05, 0) is 37.6 Å². The number of benzene rings is 1. The zero-order valence-electron chi connectivity index (χ0n) is 16.8. The SMILES string of the molecule is Nc1nccn2c([C@@H]3CCCCN3)nc(-c3ccc(C(=O)Nc4ncccn4)cc3)c12. The summed E-state index contributed by atoms with van der Waals surface area (Å²) >= 11 is 0. The van der Waals surface area contributed by atoms with E-state index in [4.69, 9.17) is 10.7 Å². The lowest BCUT2D eigenvalue weighted by Gasteiger charge is -2.22. The van der Waals surface area contributed by atoms with Crippen molar-refractivity contribution in [3.8, 4) is 11.3 Å². The molecular formula is C22H22N8O. The van der Waals surface area contributed by atoms with Crippen LogP contribution in [0, 0.1) is 0 Å². The van der Waals surface area contributed by atoms with E-state index in [0.717, 1.165) is 42.0 Å². The molecule has 0 radical (unpaired) electrons. The largest absolute Gasteiger partial charge is 0.382 e. The average Bonchev–Trinajstić information content (AvgIpc) is 3.21. The topological polar surface area (TPSA) is 123 Å². The Morgan fingerprint density at radius 1 is 1.10 bits per heavy atom. The quantitative estimate of drug-likeness (QED) is 0.469. The molecule has 9 heteroatoms. The minimum atomic E-state index is -0.277. The van der Waals surface area contributed by atoms with E-state index >= 15 is 0 Å². The molecule has 4 N–H and O–H groups in total. The minimum absolute atomic E-state index is 0.174. The first kappa shape index (κ1) is 19.1. The monoisotopic (exact) mass is 414 g/mol. The predicted molar refractivity (Wildman–Crippen MR) is 117 cm³/mol. The number of nitrogens with zero attached hydrogens (tertiary/aromatic N) is 5. The number of carbonyl (C=O) groups is 1. The first-order valence-electron chi connectivity index (χ1n) is 10.3. The van der Waals surface area contributed by atoms with Crippen LogP contribution in [0.15, 0.2) is 55.1 Å². The van der Waals surface area contributed by atoms with E-state index in [1.165, 1.54) is 6.42 Å². The highest BCUT2D eigenvalue weighted by molar-refractivity contribution is 6.03. The zero-order valence-corrected chi connectivity index (χ0v) is 16.8. The van der Waals surface area contributed by atoms with Gasteiger partial charge in [-0.25, -0.2) is 19.9 Å². The molecule has 4 heterocycles. The molecule has 1 aliphatic rings. The summed E-state index contributed by atoms with van der Waals surface area (Å²) in [5, 5.41) is 6.23. The number of aromatic nitrogens is 5. The van der Waals surface area contributed by atoms with E-state index in [0.29, 0.717) is 11.4 Å². The van der Waals surface area contributed by atoms with E-state index in [9.17, 15) is 4.79 Å². The Balaban J connectivity index is 1.48. The van der Waals surface area contributed by atoms with Crippen molar-refractivity contribution in [2.24, 2.45) is 0 Å². The smallest absolute Gasteiger partial charge is 0.258 e. The highest BCUT2D eigenvalue weighted by Gasteiger charge is 2.23. The zero-order chi connectivity index (χ0) is 21.2. The number of imidazole rings is 1. The molecule has 5 rings (SSSR count). The maximum absolute atomic E-state index is 12.5. The van der Waals surface area contributed by atoms with Crippen molar-refractivity contribution in [1.82, 2.24) is 29.7 Å². The predicted octanol–water partition coefficient (Wildman–Crippen LogP) is 2.84. The standard InChI is InChI=1S/C22H22N8O/c23-19-18-17(28-20(30(18)13-12-25-19)16-4-1-2-9-24-16)14-5-7-15(8-6-14)21(31)29-22-26-10-3-11-27-22/h3,5-8,10-13,16,24H,1-2,4,9H2,(H2,23,25)(H,26,27,29,31)/t16-/m0/s1. The fraction of sp³-hybridized carbons (Fsp3) is 0.227. The summed E-state index contributed by atoms with van der Waals surface area (Å²) in [6.07, 6.45) is 10.1. The summed E-state index contributed by atoms with van der Waals surface area (Å²) in [7, 11) is 0. The Morgan fingerprint density at radius 3 is 2.65 bits per heavy atom. The van der Waals surface area contributed by atoms with Crippen LogP contribution in [0.2, 0.25) is 0 Å². The third-order valence-electron chi connectivity index (χ3n) is 5.44. The van der Waals surface area contributed by atoms with Crippen LogP contribution in [0.3, 0.4) is 0 Å². The molecule has 1 fully saturated rings. The number of fused-ring (bicyclic) bond motifs is 1. The van der Waals surface area contributed by atoms with Crippen molar-refractivity contribution in [3.63, 3.8) is 0 Å². The molecule has 1 aromatic carbocycles.